The molecule has 9 nitrogen and oxygen atoms in total. The number of anilines is 1. The number of carbonyl (C=O) groups is 2. The summed E-state index contributed by atoms with van der Waals surface area (Å²) in [5.74, 6) is -0.384. The van der Waals surface area contributed by atoms with Crippen molar-refractivity contribution in [2.75, 3.05) is 18.1 Å². The fraction of sp³-hybridized carbons (Fsp3) is 0.325. The Morgan fingerprint density at radius 2 is 1.75 bits per heavy atom. The van der Waals surface area contributed by atoms with Crippen molar-refractivity contribution in [1.82, 2.24) is 18.9 Å². The Kier molecular flexibility index (Phi) is 8.92. The number of aryl methyl sites for hydroxylation is 6. The van der Waals surface area contributed by atoms with Crippen molar-refractivity contribution in [3.05, 3.63) is 98.0 Å². The fourth-order valence-electron chi connectivity index (χ4n) is 7.83. The highest BCUT2D eigenvalue weighted by Crippen LogP contribution is 2.46. The number of carboxylic acids is 1. The lowest BCUT2D eigenvalue weighted by Crippen LogP contribution is -2.42. The number of nitrogens with zero attached hydrogens (tertiary/aromatic N) is 5. The van der Waals surface area contributed by atoms with Gasteiger partial charge in [0, 0.05) is 65.0 Å². The Bertz CT molecular complexity index is 2380. The summed E-state index contributed by atoms with van der Waals surface area (Å²) < 4.78 is 12.3. The van der Waals surface area contributed by atoms with E-state index < -0.39 is 5.97 Å². The molecule has 1 atom stereocenters. The van der Waals surface area contributed by atoms with Crippen LogP contribution in [0, 0.1) is 27.7 Å². The average Bonchev–Trinajstić information content (AvgIpc) is 3.71. The number of benzene rings is 3. The van der Waals surface area contributed by atoms with E-state index in [4.69, 9.17) is 33.0 Å². The number of halogens is 2. The monoisotopic (exact) mass is 725 g/mol. The lowest BCUT2D eigenvalue weighted by molar-refractivity contribution is 0.0696. The predicted octanol–water partition coefficient (Wildman–Crippen LogP) is 9.49. The Morgan fingerprint density at radius 1 is 1.02 bits per heavy atom. The molecule has 1 N–H and O–H groups in total. The van der Waals surface area contributed by atoms with Crippen molar-refractivity contribution < 1.29 is 19.4 Å². The number of amides is 1. The van der Waals surface area contributed by atoms with Crippen LogP contribution in [0.25, 0.3) is 32.9 Å². The highest BCUT2D eigenvalue weighted by molar-refractivity contribution is 6.35. The average molecular weight is 727 g/mol. The third-order valence-corrected chi connectivity index (χ3v) is 11.2. The van der Waals surface area contributed by atoms with Gasteiger partial charge in [0.2, 0.25) is 0 Å². The van der Waals surface area contributed by atoms with Crippen molar-refractivity contribution in [1.29, 1.82) is 0 Å². The molecule has 1 aliphatic rings. The fourth-order valence-corrected chi connectivity index (χ4v) is 8.18. The second-order valence-electron chi connectivity index (χ2n) is 13.6. The molecule has 3 aromatic carbocycles. The van der Waals surface area contributed by atoms with Crippen LogP contribution < -0.4 is 9.64 Å². The first-order valence-corrected chi connectivity index (χ1v) is 18.0. The van der Waals surface area contributed by atoms with Gasteiger partial charge in [0.1, 0.15) is 11.4 Å². The number of carbonyl (C=O) groups excluding carboxylic acids is 1. The zero-order valence-corrected chi connectivity index (χ0v) is 31.4. The first-order valence-electron chi connectivity index (χ1n) is 17.3. The summed E-state index contributed by atoms with van der Waals surface area (Å²) in [7, 11) is 1.93. The Balaban J connectivity index is 1.38. The van der Waals surface area contributed by atoms with E-state index in [0.29, 0.717) is 48.9 Å². The number of rotatable bonds is 9. The van der Waals surface area contributed by atoms with Crippen LogP contribution in [0.1, 0.15) is 75.2 Å². The summed E-state index contributed by atoms with van der Waals surface area (Å²) in [6.07, 6.45) is 3.21. The van der Waals surface area contributed by atoms with E-state index >= 15 is 4.79 Å². The second-order valence-corrected chi connectivity index (χ2v) is 14.4. The number of fused-ring (bicyclic) bond motifs is 4. The van der Waals surface area contributed by atoms with Gasteiger partial charge < -0.3 is 23.9 Å². The zero-order valence-electron chi connectivity index (χ0n) is 29.9. The normalized spacial score (nSPS) is 14.6. The molecule has 0 radical (unpaired) electrons. The van der Waals surface area contributed by atoms with Crippen molar-refractivity contribution in [2.24, 2.45) is 7.05 Å². The van der Waals surface area contributed by atoms with Crippen LogP contribution in [0.3, 0.4) is 0 Å². The molecule has 264 valence electrons. The molecule has 0 aliphatic carbocycles. The van der Waals surface area contributed by atoms with Crippen LogP contribution in [-0.4, -0.2) is 49.0 Å². The van der Waals surface area contributed by atoms with Gasteiger partial charge in [-0.2, -0.15) is 5.10 Å². The molecule has 3 aromatic heterocycles. The van der Waals surface area contributed by atoms with Crippen LogP contribution in [0.5, 0.6) is 5.75 Å². The maximum atomic E-state index is 15.0. The number of carboxylic acid groups (broad SMARTS) is 1. The number of ether oxygens (including phenoxy) is 1. The summed E-state index contributed by atoms with van der Waals surface area (Å²) in [4.78, 5) is 28.8. The zero-order chi connectivity index (χ0) is 36.5. The van der Waals surface area contributed by atoms with Gasteiger partial charge >= 0.3 is 5.97 Å². The summed E-state index contributed by atoms with van der Waals surface area (Å²) in [5, 5.41) is 17.6. The first kappa shape index (κ1) is 34.7. The number of aromatic nitrogens is 4. The smallest absolute Gasteiger partial charge is 0.335 e. The summed E-state index contributed by atoms with van der Waals surface area (Å²) >= 11 is 13.5. The minimum atomic E-state index is -1.01. The van der Waals surface area contributed by atoms with Gasteiger partial charge in [0.25, 0.3) is 5.91 Å². The Hall–Kier alpha value is -4.73. The van der Waals surface area contributed by atoms with Gasteiger partial charge in [0.15, 0.2) is 0 Å². The Morgan fingerprint density at radius 3 is 2.39 bits per heavy atom. The van der Waals surface area contributed by atoms with Crippen molar-refractivity contribution in [3.8, 4) is 16.9 Å². The number of hydrogen-bond donors (Lipinski definition) is 1. The second kappa shape index (κ2) is 13.1. The molecule has 0 saturated heterocycles. The minimum absolute atomic E-state index is 0.137. The molecule has 1 amide bonds. The van der Waals surface area contributed by atoms with E-state index in [0.717, 1.165) is 71.8 Å². The van der Waals surface area contributed by atoms with Crippen LogP contribution in [0.15, 0.2) is 48.7 Å². The predicted molar refractivity (Wildman–Crippen MR) is 204 cm³/mol. The standard InChI is InChI=1S/C40H41Cl2N5O4/c1-8-45-20-33(30-18-26(40(49)50)11-14-32(30)45)46-19-23(4)47-37-29(12-13-31(41)35(37)34-24(5)43-44(7)25(34)6)28(38(47)39(46)48)10-9-15-51-27-16-21(2)36(42)22(3)17-27/h11-14,16-18,20,23H,8-10,15,19H2,1-7H3,(H,49,50)/t23-/m1/s1. The third kappa shape index (κ3) is 5.67. The van der Waals surface area contributed by atoms with E-state index in [1.165, 1.54) is 0 Å². The molecule has 4 heterocycles. The summed E-state index contributed by atoms with van der Waals surface area (Å²) in [5.41, 5.74) is 9.82. The molecule has 0 spiro atoms. The molecule has 0 saturated carbocycles. The van der Waals surface area contributed by atoms with Crippen molar-refractivity contribution in [3.63, 3.8) is 0 Å². The van der Waals surface area contributed by atoms with Crippen molar-refractivity contribution in [2.45, 2.75) is 67.0 Å². The SMILES string of the molecule is CCn1cc(N2C[C@@H](C)n3c(c(CCCOc4cc(C)c(Cl)c(C)c4)c4ccc(Cl)c(-c5c(C)nn(C)c5C)c43)C2=O)c2cc(C(=O)O)ccc21. The first-order chi connectivity index (χ1) is 24.3. The molecular weight excluding hydrogens is 685 g/mol. The molecule has 0 bridgehead atoms. The van der Waals surface area contributed by atoms with E-state index in [-0.39, 0.29) is 17.5 Å². The van der Waals surface area contributed by atoms with E-state index in [9.17, 15) is 9.90 Å². The van der Waals surface area contributed by atoms with Gasteiger partial charge in [-0.05, 0) is 107 Å². The maximum absolute atomic E-state index is 15.0. The van der Waals surface area contributed by atoms with Crippen molar-refractivity contribution >= 4 is 62.6 Å². The topological polar surface area (TPSA) is 94.5 Å². The van der Waals surface area contributed by atoms with E-state index in [2.05, 4.69) is 16.1 Å². The Labute approximate surface area is 306 Å². The quantitative estimate of drug-likeness (QED) is 0.150. The molecule has 51 heavy (non-hydrogen) atoms. The summed E-state index contributed by atoms with van der Waals surface area (Å²) in [6, 6.07) is 12.8. The summed E-state index contributed by atoms with van der Waals surface area (Å²) in [6.45, 7) is 13.6. The van der Waals surface area contributed by atoms with Crippen LogP contribution >= 0.6 is 23.2 Å². The number of hydrogen-bond acceptors (Lipinski definition) is 4. The molecule has 1 aliphatic heterocycles. The maximum Gasteiger partial charge on any atom is 0.335 e. The van der Waals surface area contributed by atoms with Crippen LogP contribution in [0.4, 0.5) is 5.69 Å². The molecule has 7 rings (SSSR count). The highest BCUT2D eigenvalue weighted by Gasteiger charge is 2.37. The third-order valence-electron chi connectivity index (χ3n) is 10.3. The van der Waals surface area contributed by atoms with E-state index in [1.807, 2.05) is 87.8 Å². The largest absolute Gasteiger partial charge is 0.494 e. The molecule has 11 heteroatoms. The molecule has 0 fully saturated rings. The molecule has 6 aromatic rings. The van der Waals surface area contributed by atoms with Gasteiger partial charge in [-0.3, -0.25) is 9.48 Å². The lowest BCUT2D eigenvalue weighted by Gasteiger charge is -2.34. The number of aromatic carboxylic acids is 1. The highest BCUT2D eigenvalue weighted by atomic mass is 35.5. The van der Waals surface area contributed by atoms with Crippen LogP contribution in [-0.2, 0) is 20.0 Å². The minimum Gasteiger partial charge on any atom is -0.494 e. The van der Waals surface area contributed by atoms with Gasteiger partial charge in [-0.25, -0.2) is 4.79 Å². The lowest BCUT2D eigenvalue weighted by atomic mass is 9.98. The molecule has 0 unspecified atom stereocenters. The van der Waals surface area contributed by atoms with E-state index in [1.54, 1.807) is 12.1 Å². The van der Waals surface area contributed by atoms with Gasteiger partial charge in [-0.15, -0.1) is 0 Å². The van der Waals surface area contributed by atoms with Gasteiger partial charge in [-0.1, -0.05) is 29.3 Å². The van der Waals surface area contributed by atoms with Crippen LogP contribution in [0.2, 0.25) is 10.0 Å². The van der Waals surface area contributed by atoms with Gasteiger partial charge in [0.05, 0.1) is 39.6 Å². The molecular formula is C40H41Cl2N5O4.